The van der Waals surface area contributed by atoms with Gasteiger partial charge in [0.05, 0.1) is 0 Å². The largest absolute Gasteiger partial charge is 0.0645 e. The van der Waals surface area contributed by atoms with Crippen LogP contribution in [0.4, 0.5) is 0 Å². The van der Waals surface area contributed by atoms with Gasteiger partial charge in [0.15, 0.2) is 0 Å². The maximum atomic E-state index is 2.32. The summed E-state index contributed by atoms with van der Waals surface area (Å²) in [6, 6.07) is 0. The molecule has 0 radical (unpaired) electrons. The number of allylic oxidation sites excluding steroid dienone is 6. The van der Waals surface area contributed by atoms with Gasteiger partial charge in [-0.25, -0.2) is 0 Å². The van der Waals surface area contributed by atoms with Crippen LogP contribution in [-0.2, 0) is 0 Å². The van der Waals surface area contributed by atoms with E-state index in [1.807, 2.05) is 0 Å². The van der Waals surface area contributed by atoms with E-state index in [4.69, 9.17) is 0 Å². The monoisotopic (exact) mass is 162 g/mol. The van der Waals surface area contributed by atoms with Crippen molar-refractivity contribution in [3.05, 3.63) is 34.7 Å². The molecule has 0 spiro atoms. The molecule has 0 atom stereocenters. The summed E-state index contributed by atoms with van der Waals surface area (Å²) in [7, 11) is 1.41. The number of hydrogen-bond acceptors (Lipinski definition) is 0. The standard InChI is InChI=1S/C10H11P/c1-3-8-4-5-10-9(8)6-7(2)11-10/h4-6H,3H2,1-2H3. The summed E-state index contributed by atoms with van der Waals surface area (Å²) in [6.45, 7) is 4.41. The molecule has 0 nitrogen and oxygen atoms in total. The highest BCUT2D eigenvalue weighted by atomic mass is 31.1. The van der Waals surface area contributed by atoms with Crippen LogP contribution in [0.1, 0.15) is 20.3 Å². The summed E-state index contributed by atoms with van der Waals surface area (Å²) in [4.78, 5) is 0. The van der Waals surface area contributed by atoms with Crippen LogP contribution in [0.15, 0.2) is 34.7 Å². The van der Waals surface area contributed by atoms with Crippen LogP contribution in [0.3, 0.4) is 0 Å². The van der Waals surface area contributed by atoms with Crippen molar-refractivity contribution in [1.82, 2.24) is 0 Å². The van der Waals surface area contributed by atoms with Gasteiger partial charge in [0.2, 0.25) is 0 Å². The lowest BCUT2D eigenvalue weighted by Crippen LogP contribution is -1.86. The van der Waals surface area contributed by atoms with Crippen LogP contribution in [0, 0.1) is 0 Å². The Kier molecular flexibility index (Phi) is 1.58. The molecule has 1 aliphatic heterocycles. The summed E-state index contributed by atoms with van der Waals surface area (Å²) in [5, 5.41) is 2.98. The second kappa shape index (κ2) is 2.46. The highest BCUT2D eigenvalue weighted by Gasteiger charge is 2.15. The molecule has 1 aliphatic carbocycles. The summed E-state index contributed by atoms with van der Waals surface area (Å²) in [5.41, 5.74) is 3.00. The smallest absolute Gasteiger partial charge is 0.00958 e. The highest BCUT2D eigenvalue weighted by molar-refractivity contribution is 7.47. The summed E-state index contributed by atoms with van der Waals surface area (Å²) in [6.07, 6.45) is 7.98. The van der Waals surface area contributed by atoms with Crippen molar-refractivity contribution in [2.45, 2.75) is 20.3 Å². The van der Waals surface area contributed by atoms with Crippen molar-refractivity contribution in [1.29, 1.82) is 0 Å². The average molecular weight is 162 g/mol. The molecule has 2 rings (SSSR count). The summed E-state index contributed by atoms with van der Waals surface area (Å²) < 4.78 is 0. The van der Waals surface area contributed by atoms with E-state index < -0.39 is 0 Å². The number of fused-ring (bicyclic) bond motifs is 1. The van der Waals surface area contributed by atoms with Crippen molar-refractivity contribution in [2.75, 3.05) is 0 Å². The molecule has 2 aliphatic rings. The first-order valence-corrected chi connectivity index (χ1v) is 4.89. The van der Waals surface area contributed by atoms with E-state index in [0.717, 1.165) is 6.42 Å². The number of rotatable bonds is 1. The third-order valence-electron chi connectivity index (χ3n) is 2.10. The fourth-order valence-corrected chi connectivity index (χ4v) is 2.58. The zero-order chi connectivity index (χ0) is 7.84. The van der Waals surface area contributed by atoms with E-state index in [9.17, 15) is 0 Å². The van der Waals surface area contributed by atoms with E-state index in [1.54, 1.807) is 0 Å². The minimum atomic E-state index is 1.16. The topological polar surface area (TPSA) is 0 Å². The SMILES string of the molecule is CCC1=C2C=C(C)P=C2C=C1. The minimum absolute atomic E-state index is 1.16. The first kappa shape index (κ1) is 7.06. The van der Waals surface area contributed by atoms with Crippen LogP contribution in [0.25, 0.3) is 0 Å². The predicted octanol–water partition coefficient (Wildman–Crippen LogP) is 3.30. The highest BCUT2D eigenvalue weighted by Crippen LogP contribution is 2.35. The molecule has 1 heteroatoms. The normalized spacial score (nSPS) is 22.0. The van der Waals surface area contributed by atoms with Crippen molar-refractivity contribution < 1.29 is 0 Å². The maximum Gasteiger partial charge on any atom is 0.00958 e. The molecule has 0 bridgehead atoms. The van der Waals surface area contributed by atoms with Gasteiger partial charge < -0.3 is 0 Å². The minimum Gasteiger partial charge on any atom is -0.0645 e. The summed E-state index contributed by atoms with van der Waals surface area (Å²) >= 11 is 0. The van der Waals surface area contributed by atoms with Crippen molar-refractivity contribution in [3.63, 3.8) is 0 Å². The third kappa shape index (κ3) is 1.02. The molecular formula is C10H11P. The van der Waals surface area contributed by atoms with Crippen LogP contribution in [-0.4, -0.2) is 5.29 Å². The molecule has 0 amide bonds. The van der Waals surface area contributed by atoms with Gasteiger partial charge in [-0.1, -0.05) is 21.2 Å². The second-order valence-corrected chi connectivity index (χ2v) is 4.32. The molecule has 0 saturated carbocycles. The van der Waals surface area contributed by atoms with Crippen LogP contribution < -0.4 is 0 Å². The number of hydrogen-bond donors (Lipinski definition) is 0. The van der Waals surface area contributed by atoms with Gasteiger partial charge >= 0.3 is 0 Å². The Balaban J connectivity index is 2.49. The van der Waals surface area contributed by atoms with E-state index in [1.165, 1.54) is 30.0 Å². The fourth-order valence-electron chi connectivity index (χ4n) is 1.53. The molecule has 0 unspecified atom stereocenters. The average Bonchev–Trinajstić information content (AvgIpc) is 2.45. The van der Waals surface area contributed by atoms with Gasteiger partial charge in [0.1, 0.15) is 0 Å². The second-order valence-electron chi connectivity index (χ2n) is 2.91. The molecule has 0 aromatic heterocycles. The molecular weight excluding hydrogens is 151 g/mol. The van der Waals surface area contributed by atoms with Gasteiger partial charge in [-0.3, -0.25) is 0 Å². The Morgan fingerprint density at radius 3 is 2.91 bits per heavy atom. The Hall–Kier alpha value is -0.610. The van der Waals surface area contributed by atoms with Crippen LogP contribution in [0.2, 0.25) is 0 Å². The molecule has 0 fully saturated rings. The van der Waals surface area contributed by atoms with Crippen molar-refractivity contribution in [2.24, 2.45) is 0 Å². The Labute approximate surface area is 69.1 Å². The Bertz CT molecular complexity index is 314. The molecule has 0 saturated heterocycles. The van der Waals surface area contributed by atoms with Gasteiger partial charge in [-0.2, -0.15) is 0 Å². The molecule has 0 N–H and O–H groups in total. The van der Waals surface area contributed by atoms with Crippen molar-refractivity contribution >= 4 is 13.5 Å². The lowest BCUT2D eigenvalue weighted by Gasteiger charge is -1.95. The van der Waals surface area contributed by atoms with E-state index in [-0.39, 0.29) is 0 Å². The zero-order valence-electron chi connectivity index (χ0n) is 6.89. The van der Waals surface area contributed by atoms with Crippen LogP contribution in [0.5, 0.6) is 0 Å². The lowest BCUT2D eigenvalue weighted by molar-refractivity contribution is 1.15. The van der Waals surface area contributed by atoms with E-state index >= 15 is 0 Å². The predicted molar refractivity (Wildman–Crippen MR) is 52.1 cm³/mol. The third-order valence-corrected chi connectivity index (χ3v) is 3.21. The lowest BCUT2D eigenvalue weighted by atomic mass is 10.1. The van der Waals surface area contributed by atoms with E-state index in [2.05, 4.69) is 32.1 Å². The van der Waals surface area contributed by atoms with Gasteiger partial charge in [0.25, 0.3) is 0 Å². The molecule has 11 heavy (non-hydrogen) atoms. The fraction of sp³-hybridized carbons (Fsp3) is 0.300. The Morgan fingerprint density at radius 1 is 1.36 bits per heavy atom. The molecule has 0 aromatic rings. The van der Waals surface area contributed by atoms with Gasteiger partial charge in [-0.05, 0) is 42.0 Å². The maximum absolute atomic E-state index is 2.32. The van der Waals surface area contributed by atoms with E-state index in [0.29, 0.717) is 0 Å². The quantitative estimate of drug-likeness (QED) is 0.519. The summed E-state index contributed by atoms with van der Waals surface area (Å²) in [5.74, 6) is 0. The Morgan fingerprint density at radius 2 is 2.18 bits per heavy atom. The van der Waals surface area contributed by atoms with Crippen LogP contribution >= 0.6 is 8.20 Å². The molecule has 1 heterocycles. The zero-order valence-corrected chi connectivity index (χ0v) is 7.78. The van der Waals surface area contributed by atoms with Gasteiger partial charge in [-0.15, -0.1) is 0 Å². The first-order valence-electron chi connectivity index (χ1n) is 4.00. The molecule has 56 valence electrons. The van der Waals surface area contributed by atoms with Crippen molar-refractivity contribution in [3.8, 4) is 0 Å². The molecule has 0 aromatic carbocycles. The first-order chi connectivity index (χ1) is 5.31. The van der Waals surface area contributed by atoms with Gasteiger partial charge in [0, 0.05) is 5.29 Å².